The summed E-state index contributed by atoms with van der Waals surface area (Å²) in [5.41, 5.74) is 2.02. The molecule has 2 N–H and O–H groups in total. The summed E-state index contributed by atoms with van der Waals surface area (Å²) in [6.45, 7) is 4.24. The van der Waals surface area contributed by atoms with E-state index in [1.807, 2.05) is 56.4 Å². The monoisotopic (exact) mass is 379 g/mol. The fraction of sp³-hybridized carbons (Fsp3) is 0.300. The van der Waals surface area contributed by atoms with Gasteiger partial charge >= 0.3 is 0 Å². The van der Waals surface area contributed by atoms with E-state index in [0.717, 1.165) is 23.5 Å². The third-order valence-electron chi connectivity index (χ3n) is 4.04. The van der Waals surface area contributed by atoms with Gasteiger partial charge < -0.3 is 15.4 Å². The van der Waals surface area contributed by atoms with E-state index in [1.54, 1.807) is 10.9 Å². The van der Waals surface area contributed by atoms with Crippen LogP contribution < -0.4 is 15.4 Å². The fourth-order valence-electron chi connectivity index (χ4n) is 2.55. The van der Waals surface area contributed by atoms with Gasteiger partial charge in [-0.3, -0.25) is 4.68 Å². The second-order valence-corrected chi connectivity index (χ2v) is 6.09. The van der Waals surface area contributed by atoms with Crippen molar-refractivity contribution >= 4 is 5.96 Å². The summed E-state index contributed by atoms with van der Waals surface area (Å²) >= 11 is 0. The topological polar surface area (TPSA) is 89.2 Å². The summed E-state index contributed by atoms with van der Waals surface area (Å²) in [6, 6.07) is 13.9. The Hall–Kier alpha value is -3.42. The summed E-state index contributed by atoms with van der Waals surface area (Å²) in [5, 5.41) is 10.6. The number of aryl methyl sites for hydroxylation is 1. The third kappa shape index (κ3) is 5.54. The maximum absolute atomic E-state index is 5.91. The zero-order valence-electron chi connectivity index (χ0n) is 16.2. The molecule has 0 radical (unpaired) electrons. The second-order valence-electron chi connectivity index (χ2n) is 6.09. The molecule has 0 saturated heterocycles. The zero-order valence-corrected chi connectivity index (χ0v) is 16.2. The number of nitrogens with zero attached hydrogens (tertiary/aromatic N) is 5. The van der Waals surface area contributed by atoms with Crippen molar-refractivity contribution in [1.82, 2.24) is 30.4 Å². The van der Waals surface area contributed by atoms with Crippen LogP contribution in [0.15, 0.2) is 60.0 Å². The van der Waals surface area contributed by atoms with Crippen molar-refractivity contribution in [2.24, 2.45) is 12.0 Å². The van der Waals surface area contributed by atoms with Crippen molar-refractivity contribution in [3.05, 3.63) is 71.9 Å². The molecule has 2 heterocycles. The molecule has 3 rings (SSSR count). The van der Waals surface area contributed by atoms with E-state index in [2.05, 4.69) is 30.7 Å². The summed E-state index contributed by atoms with van der Waals surface area (Å²) < 4.78 is 7.64. The Kier molecular flexibility index (Phi) is 6.95. The van der Waals surface area contributed by atoms with Crippen molar-refractivity contribution in [3.8, 4) is 5.88 Å². The van der Waals surface area contributed by atoms with E-state index in [1.165, 1.54) is 6.33 Å². The van der Waals surface area contributed by atoms with Gasteiger partial charge in [0.1, 0.15) is 18.8 Å². The Bertz CT molecular complexity index is 892. The van der Waals surface area contributed by atoms with E-state index in [0.29, 0.717) is 31.5 Å². The van der Waals surface area contributed by atoms with Crippen LogP contribution >= 0.6 is 0 Å². The van der Waals surface area contributed by atoms with Gasteiger partial charge in [0.15, 0.2) is 5.96 Å². The molecule has 0 amide bonds. The van der Waals surface area contributed by atoms with Gasteiger partial charge in [0.05, 0.1) is 13.1 Å². The van der Waals surface area contributed by atoms with Crippen LogP contribution in [0.25, 0.3) is 0 Å². The molecule has 8 nitrogen and oxygen atoms in total. The first-order valence-corrected chi connectivity index (χ1v) is 9.22. The average molecular weight is 379 g/mol. The molecule has 0 atom stereocenters. The third-order valence-corrected chi connectivity index (χ3v) is 4.04. The molecule has 28 heavy (non-hydrogen) atoms. The van der Waals surface area contributed by atoms with E-state index in [4.69, 9.17) is 4.74 Å². The molecule has 2 aromatic heterocycles. The standard InChI is InChI=1S/C20H25N7O/c1-3-21-20(24-13-18-25-15-26-27(18)2)23-12-17-10-7-11-22-19(17)28-14-16-8-5-4-6-9-16/h4-11,15H,3,12-14H2,1-2H3,(H2,21,23,24). The first-order valence-electron chi connectivity index (χ1n) is 9.22. The Morgan fingerprint density at radius 1 is 1.11 bits per heavy atom. The first kappa shape index (κ1) is 19.3. The molecule has 0 spiro atoms. The molecule has 0 aliphatic rings. The van der Waals surface area contributed by atoms with Gasteiger partial charge in [-0.05, 0) is 18.6 Å². The van der Waals surface area contributed by atoms with E-state index >= 15 is 0 Å². The number of hydrogen-bond donors (Lipinski definition) is 2. The molecule has 0 unspecified atom stereocenters. The van der Waals surface area contributed by atoms with E-state index in [9.17, 15) is 0 Å². The fourth-order valence-corrected chi connectivity index (χ4v) is 2.55. The van der Waals surface area contributed by atoms with Gasteiger partial charge in [0.2, 0.25) is 5.88 Å². The molecule has 3 aromatic rings. The van der Waals surface area contributed by atoms with Crippen LogP contribution in [0.4, 0.5) is 0 Å². The van der Waals surface area contributed by atoms with Crippen molar-refractivity contribution in [3.63, 3.8) is 0 Å². The van der Waals surface area contributed by atoms with Crippen LogP contribution in [0.5, 0.6) is 5.88 Å². The van der Waals surface area contributed by atoms with Crippen LogP contribution in [-0.4, -0.2) is 32.3 Å². The maximum Gasteiger partial charge on any atom is 0.218 e. The minimum Gasteiger partial charge on any atom is -0.473 e. The number of aliphatic imine (C=N–C) groups is 1. The molecule has 0 aliphatic heterocycles. The lowest BCUT2D eigenvalue weighted by atomic mass is 10.2. The number of rotatable bonds is 8. The SMILES string of the molecule is CCNC(=NCc1cccnc1OCc1ccccc1)NCc1ncnn1C. The molecule has 0 saturated carbocycles. The van der Waals surface area contributed by atoms with Gasteiger partial charge in [-0.2, -0.15) is 5.10 Å². The molecule has 0 fully saturated rings. The second kappa shape index (κ2) is 10.1. The summed E-state index contributed by atoms with van der Waals surface area (Å²) in [7, 11) is 1.86. The number of guanidine groups is 1. The molecule has 8 heteroatoms. The minimum absolute atomic E-state index is 0.451. The number of benzene rings is 1. The van der Waals surface area contributed by atoms with Crippen LogP contribution in [-0.2, 0) is 26.7 Å². The number of hydrogen-bond acceptors (Lipinski definition) is 5. The smallest absolute Gasteiger partial charge is 0.218 e. The average Bonchev–Trinajstić information content (AvgIpc) is 3.14. The van der Waals surface area contributed by atoms with Gasteiger partial charge in [-0.1, -0.05) is 36.4 Å². The lowest BCUT2D eigenvalue weighted by Gasteiger charge is -2.12. The molecule has 146 valence electrons. The number of pyridine rings is 1. The highest BCUT2D eigenvalue weighted by Gasteiger charge is 2.07. The van der Waals surface area contributed by atoms with Gasteiger partial charge in [-0.25, -0.2) is 15.0 Å². The Morgan fingerprint density at radius 2 is 1.96 bits per heavy atom. The maximum atomic E-state index is 5.91. The normalized spacial score (nSPS) is 11.3. The molecular weight excluding hydrogens is 354 g/mol. The summed E-state index contributed by atoms with van der Waals surface area (Å²) in [4.78, 5) is 13.2. The molecule has 0 bridgehead atoms. The molecular formula is C20H25N7O. The summed E-state index contributed by atoms with van der Waals surface area (Å²) in [6.07, 6.45) is 3.26. The quantitative estimate of drug-likeness (QED) is 0.460. The highest BCUT2D eigenvalue weighted by Crippen LogP contribution is 2.17. The highest BCUT2D eigenvalue weighted by atomic mass is 16.5. The first-order chi connectivity index (χ1) is 13.8. The number of ether oxygens (including phenoxy) is 1. The number of aromatic nitrogens is 4. The Balaban J connectivity index is 1.64. The van der Waals surface area contributed by atoms with E-state index < -0.39 is 0 Å². The van der Waals surface area contributed by atoms with Crippen LogP contribution in [0, 0.1) is 0 Å². The highest BCUT2D eigenvalue weighted by molar-refractivity contribution is 5.79. The van der Waals surface area contributed by atoms with E-state index in [-0.39, 0.29) is 0 Å². The molecule has 1 aromatic carbocycles. The Morgan fingerprint density at radius 3 is 2.71 bits per heavy atom. The van der Waals surface area contributed by atoms with Gasteiger partial charge in [0, 0.05) is 25.4 Å². The van der Waals surface area contributed by atoms with Gasteiger partial charge in [0.25, 0.3) is 0 Å². The minimum atomic E-state index is 0.451. The van der Waals surface area contributed by atoms with Crippen LogP contribution in [0.2, 0.25) is 0 Å². The van der Waals surface area contributed by atoms with Crippen molar-refractivity contribution < 1.29 is 4.74 Å². The summed E-state index contributed by atoms with van der Waals surface area (Å²) in [5.74, 6) is 2.13. The predicted octanol–water partition coefficient (Wildman–Crippen LogP) is 2.04. The largest absolute Gasteiger partial charge is 0.473 e. The van der Waals surface area contributed by atoms with Crippen LogP contribution in [0.3, 0.4) is 0 Å². The van der Waals surface area contributed by atoms with Crippen molar-refractivity contribution in [2.45, 2.75) is 26.6 Å². The van der Waals surface area contributed by atoms with Crippen molar-refractivity contribution in [2.75, 3.05) is 6.54 Å². The molecule has 0 aliphatic carbocycles. The number of nitrogens with one attached hydrogen (secondary N) is 2. The zero-order chi connectivity index (χ0) is 19.6. The van der Waals surface area contributed by atoms with Crippen molar-refractivity contribution in [1.29, 1.82) is 0 Å². The van der Waals surface area contributed by atoms with Crippen LogP contribution in [0.1, 0.15) is 23.9 Å². The van der Waals surface area contributed by atoms with Gasteiger partial charge in [-0.15, -0.1) is 0 Å². The lowest BCUT2D eigenvalue weighted by Crippen LogP contribution is -2.37. The Labute approximate surface area is 164 Å². The lowest BCUT2D eigenvalue weighted by molar-refractivity contribution is 0.290. The predicted molar refractivity (Wildman–Crippen MR) is 108 cm³/mol.